The molecule has 0 aliphatic rings. The molecule has 0 aliphatic heterocycles. The second-order valence-electron chi connectivity index (χ2n) is 4.51. The van der Waals surface area contributed by atoms with E-state index in [9.17, 15) is 13.2 Å². The van der Waals surface area contributed by atoms with E-state index < -0.39 is 12.8 Å². The van der Waals surface area contributed by atoms with Crippen molar-refractivity contribution in [3.05, 3.63) is 54.6 Å². The summed E-state index contributed by atoms with van der Waals surface area (Å²) in [6.45, 7) is -1.43. The predicted molar refractivity (Wildman–Crippen MR) is 82.2 cm³/mol. The number of alkyl halides is 3. The minimum Gasteiger partial charge on any atom is -0.497 e. The zero-order chi connectivity index (χ0) is 16.7. The van der Waals surface area contributed by atoms with Crippen LogP contribution in [0.2, 0.25) is 0 Å². The average Bonchev–Trinajstić information content (AvgIpc) is 2.54. The first-order valence-corrected chi connectivity index (χ1v) is 6.70. The number of halogens is 3. The molecule has 0 atom stereocenters. The molecule has 0 heterocycles. The van der Waals surface area contributed by atoms with Gasteiger partial charge >= 0.3 is 6.18 Å². The van der Waals surface area contributed by atoms with Crippen LogP contribution < -0.4 is 10.1 Å². The summed E-state index contributed by atoms with van der Waals surface area (Å²) in [5.41, 5.74) is 1.01. The zero-order valence-corrected chi connectivity index (χ0v) is 12.3. The quantitative estimate of drug-likeness (QED) is 0.671. The first-order chi connectivity index (χ1) is 11.0. The molecule has 23 heavy (non-hydrogen) atoms. The van der Waals surface area contributed by atoms with Crippen LogP contribution in [0.15, 0.2) is 59.6 Å². The van der Waals surface area contributed by atoms with Crippen LogP contribution in [0.4, 0.5) is 24.5 Å². The van der Waals surface area contributed by atoms with Crippen molar-refractivity contribution in [2.45, 2.75) is 6.18 Å². The van der Waals surface area contributed by atoms with Crippen molar-refractivity contribution in [3.8, 4) is 5.75 Å². The van der Waals surface area contributed by atoms with Crippen LogP contribution in [0.1, 0.15) is 0 Å². The third-order valence-corrected chi connectivity index (χ3v) is 2.70. The van der Waals surface area contributed by atoms with Crippen molar-refractivity contribution >= 4 is 17.4 Å². The van der Waals surface area contributed by atoms with Gasteiger partial charge in [-0.15, -0.1) is 0 Å². The molecule has 7 heteroatoms. The van der Waals surface area contributed by atoms with Crippen LogP contribution >= 0.6 is 0 Å². The van der Waals surface area contributed by atoms with Gasteiger partial charge in [0.25, 0.3) is 6.02 Å². The number of hydrogen-bond donors (Lipinski definition) is 1. The number of para-hydroxylation sites is 1. The van der Waals surface area contributed by atoms with E-state index in [4.69, 9.17) is 9.47 Å². The fourth-order valence-electron chi connectivity index (χ4n) is 1.67. The standard InChI is InChI=1S/C16H15F3N2O2/c1-22-14-9-7-13(8-10-14)21-15(23-11-16(17,18)19)20-12-5-3-2-4-6-12/h2-10H,11H2,1H3,(H,20,21). The minimum absolute atomic E-state index is 0.237. The molecule has 0 amide bonds. The van der Waals surface area contributed by atoms with Crippen molar-refractivity contribution in [2.24, 2.45) is 4.99 Å². The van der Waals surface area contributed by atoms with Gasteiger partial charge in [-0.25, -0.2) is 0 Å². The van der Waals surface area contributed by atoms with Crippen LogP contribution in [0.3, 0.4) is 0 Å². The van der Waals surface area contributed by atoms with E-state index in [-0.39, 0.29) is 6.02 Å². The van der Waals surface area contributed by atoms with Gasteiger partial charge in [0.05, 0.1) is 12.8 Å². The van der Waals surface area contributed by atoms with E-state index >= 15 is 0 Å². The lowest BCUT2D eigenvalue weighted by Gasteiger charge is -2.13. The number of anilines is 1. The van der Waals surface area contributed by atoms with Gasteiger partial charge in [-0.3, -0.25) is 0 Å². The van der Waals surface area contributed by atoms with Gasteiger partial charge in [-0.2, -0.15) is 18.2 Å². The molecule has 0 aliphatic carbocycles. The molecule has 0 spiro atoms. The van der Waals surface area contributed by atoms with Crippen LogP contribution in [-0.4, -0.2) is 25.9 Å². The number of aliphatic imine (C=N–C) groups is 1. The largest absolute Gasteiger partial charge is 0.497 e. The van der Waals surface area contributed by atoms with E-state index in [1.54, 1.807) is 54.6 Å². The summed E-state index contributed by atoms with van der Waals surface area (Å²) in [5.74, 6) is 0.623. The Labute approximate surface area is 131 Å². The van der Waals surface area contributed by atoms with Gasteiger partial charge in [0.2, 0.25) is 0 Å². The third-order valence-electron chi connectivity index (χ3n) is 2.70. The minimum atomic E-state index is -4.45. The summed E-state index contributed by atoms with van der Waals surface area (Å²) in [5, 5.41) is 2.73. The number of ether oxygens (including phenoxy) is 2. The molecule has 122 valence electrons. The molecular formula is C16H15F3N2O2. The summed E-state index contributed by atoms with van der Waals surface area (Å²) in [6.07, 6.45) is -4.45. The maximum absolute atomic E-state index is 12.4. The molecule has 0 fully saturated rings. The Morgan fingerprint density at radius 1 is 1.04 bits per heavy atom. The molecule has 2 aromatic rings. The highest BCUT2D eigenvalue weighted by Gasteiger charge is 2.29. The summed E-state index contributed by atoms with van der Waals surface area (Å²) in [7, 11) is 1.52. The lowest BCUT2D eigenvalue weighted by molar-refractivity contribution is -0.156. The predicted octanol–water partition coefficient (Wildman–Crippen LogP) is 4.37. The molecule has 0 bridgehead atoms. The molecule has 0 saturated heterocycles. The molecule has 2 rings (SSSR count). The first-order valence-electron chi connectivity index (χ1n) is 6.70. The number of nitrogens with one attached hydrogen (secondary N) is 1. The van der Waals surface area contributed by atoms with Gasteiger partial charge in [-0.05, 0) is 36.4 Å². The monoisotopic (exact) mass is 324 g/mol. The lowest BCUT2D eigenvalue weighted by Crippen LogP contribution is -2.24. The van der Waals surface area contributed by atoms with E-state index in [2.05, 4.69) is 10.3 Å². The van der Waals surface area contributed by atoms with E-state index in [0.717, 1.165) is 0 Å². The first kappa shape index (κ1) is 16.7. The van der Waals surface area contributed by atoms with Crippen LogP contribution in [-0.2, 0) is 4.74 Å². The molecule has 2 aromatic carbocycles. The maximum atomic E-state index is 12.4. The Bertz CT molecular complexity index is 641. The molecule has 4 nitrogen and oxygen atoms in total. The van der Waals surface area contributed by atoms with E-state index in [1.165, 1.54) is 7.11 Å². The highest BCUT2D eigenvalue weighted by Crippen LogP contribution is 2.20. The van der Waals surface area contributed by atoms with Crippen LogP contribution in [0.25, 0.3) is 0 Å². The topological polar surface area (TPSA) is 42.8 Å². The Morgan fingerprint density at radius 2 is 1.70 bits per heavy atom. The number of rotatable bonds is 4. The Balaban J connectivity index is 2.18. The maximum Gasteiger partial charge on any atom is 0.422 e. The SMILES string of the molecule is COc1ccc(N=C(Nc2ccccc2)OCC(F)(F)F)cc1. The number of nitrogens with zero attached hydrogens (tertiary/aromatic N) is 1. The van der Waals surface area contributed by atoms with Crippen LogP contribution in [0.5, 0.6) is 5.75 Å². The Hall–Kier alpha value is -2.70. The fraction of sp³-hybridized carbons (Fsp3) is 0.188. The summed E-state index contributed by atoms with van der Waals surface area (Å²) >= 11 is 0. The van der Waals surface area contributed by atoms with Gasteiger partial charge in [0.15, 0.2) is 6.61 Å². The van der Waals surface area contributed by atoms with Gasteiger partial charge in [-0.1, -0.05) is 18.2 Å². The van der Waals surface area contributed by atoms with Crippen molar-refractivity contribution in [1.29, 1.82) is 0 Å². The van der Waals surface area contributed by atoms with Crippen molar-refractivity contribution in [1.82, 2.24) is 0 Å². The molecule has 0 radical (unpaired) electrons. The third kappa shape index (κ3) is 5.90. The smallest absolute Gasteiger partial charge is 0.422 e. The molecule has 0 unspecified atom stereocenters. The molecule has 0 saturated carbocycles. The Morgan fingerprint density at radius 3 is 2.26 bits per heavy atom. The van der Waals surface area contributed by atoms with Gasteiger partial charge < -0.3 is 14.8 Å². The normalized spacial score (nSPS) is 11.9. The number of amidine groups is 1. The average molecular weight is 324 g/mol. The molecule has 0 aromatic heterocycles. The van der Waals surface area contributed by atoms with Crippen molar-refractivity contribution in [2.75, 3.05) is 19.0 Å². The van der Waals surface area contributed by atoms with Crippen molar-refractivity contribution < 1.29 is 22.6 Å². The number of methoxy groups -OCH3 is 1. The van der Waals surface area contributed by atoms with Crippen molar-refractivity contribution in [3.63, 3.8) is 0 Å². The summed E-state index contributed by atoms with van der Waals surface area (Å²) < 4.78 is 46.9. The van der Waals surface area contributed by atoms with Crippen LogP contribution in [0, 0.1) is 0 Å². The lowest BCUT2D eigenvalue weighted by atomic mass is 10.3. The fourth-order valence-corrected chi connectivity index (χ4v) is 1.67. The van der Waals surface area contributed by atoms with E-state index in [0.29, 0.717) is 17.1 Å². The number of benzene rings is 2. The highest BCUT2D eigenvalue weighted by molar-refractivity contribution is 5.90. The molecular weight excluding hydrogens is 309 g/mol. The van der Waals surface area contributed by atoms with E-state index in [1.807, 2.05) is 0 Å². The summed E-state index contributed by atoms with van der Waals surface area (Å²) in [6, 6.07) is 15.0. The zero-order valence-electron chi connectivity index (χ0n) is 12.3. The van der Waals surface area contributed by atoms with Gasteiger partial charge in [0, 0.05) is 5.69 Å². The highest BCUT2D eigenvalue weighted by atomic mass is 19.4. The second kappa shape index (κ2) is 7.53. The molecule has 1 N–H and O–H groups in total. The second-order valence-corrected chi connectivity index (χ2v) is 4.51. The Kier molecular flexibility index (Phi) is 5.46. The van der Waals surface area contributed by atoms with Gasteiger partial charge in [0.1, 0.15) is 5.75 Å². The summed E-state index contributed by atoms with van der Waals surface area (Å²) in [4.78, 5) is 4.06. The number of hydrogen-bond acceptors (Lipinski definition) is 3.